The van der Waals surface area contributed by atoms with Gasteiger partial charge in [-0.3, -0.25) is 10.1 Å². The van der Waals surface area contributed by atoms with Crippen LogP contribution in [0.25, 0.3) is 5.57 Å². The molecule has 0 saturated heterocycles. The summed E-state index contributed by atoms with van der Waals surface area (Å²) in [5.41, 5.74) is 4.52. The van der Waals surface area contributed by atoms with Crippen LogP contribution in [0, 0.1) is 27.9 Å². The molecule has 1 aromatic carbocycles. The molecule has 1 saturated carbocycles. The molecule has 3 nitrogen and oxygen atoms in total. The van der Waals surface area contributed by atoms with Crippen molar-refractivity contribution < 1.29 is 4.92 Å². The minimum atomic E-state index is -0.118. The van der Waals surface area contributed by atoms with E-state index in [1.807, 2.05) is 6.08 Å². The summed E-state index contributed by atoms with van der Waals surface area (Å²) in [5.74, 6) is 0.927. The number of hydrogen-bond donors (Lipinski definition) is 0. The van der Waals surface area contributed by atoms with Crippen molar-refractivity contribution in [3.8, 4) is 0 Å². The lowest BCUT2D eigenvalue weighted by atomic mass is 9.63. The zero-order valence-electron chi connectivity index (χ0n) is 13.4. The number of fused-ring (bicyclic) bond motifs is 3. The molecule has 0 heterocycles. The SMILES string of the molecule is O=[N+]([O-])C1=CC=C2c3ccccc3CC[C@@H]2[C@H]1C1CCCCC1. The number of hydrogen-bond acceptors (Lipinski definition) is 2. The molecule has 0 radical (unpaired) electrons. The summed E-state index contributed by atoms with van der Waals surface area (Å²) in [5, 5.41) is 11.6. The third-order valence-corrected chi connectivity index (χ3v) is 6.03. The number of aryl methyl sites for hydroxylation is 1. The van der Waals surface area contributed by atoms with Crippen LogP contribution in [0.15, 0.2) is 42.1 Å². The quantitative estimate of drug-likeness (QED) is 0.569. The maximum absolute atomic E-state index is 11.6. The Labute approximate surface area is 137 Å². The summed E-state index contributed by atoms with van der Waals surface area (Å²) in [4.78, 5) is 11.5. The molecule has 3 heteroatoms. The van der Waals surface area contributed by atoms with Crippen LogP contribution < -0.4 is 0 Å². The van der Waals surface area contributed by atoms with E-state index in [0.717, 1.165) is 25.7 Å². The van der Waals surface area contributed by atoms with Crippen molar-refractivity contribution in [2.24, 2.45) is 17.8 Å². The first kappa shape index (κ1) is 14.7. The molecule has 3 aliphatic rings. The van der Waals surface area contributed by atoms with Gasteiger partial charge >= 0.3 is 0 Å². The third kappa shape index (κ3) is 2.52. The second-order valence-corrected chi connectivity index (χ2v) is 7.20. The molecule has 0 spiro atoms. The Hall–Kier alpha value is -1.90. The lowest BCUT2D eigenvalue weighted by Gasteiger charge is -2.39. The van der Waals surface area contributed by atoms with E-state index in [1.165, 1.54) is 36.0 Å². The molecule has 0 unspecified atom stereocenters. The van der Waals surface area contributed by atoms with E-state index in [4.69, 9.17) is 0 Å². The fraction of sp³-hybridized carbons (Fsp3) is 0.500. The topological polar surface area (TPSA) is 43.1 Å². The lowest BCUT2D eigenvalue weighted by molar-refractivity contribution is -0.437. The first-order valence-electron chi connectivity index (χ1n) is 8.90. The first-order chi connectivity index (χ1) is 11.3. The van der Waals surface area contributed by atoms with Gasteiger partial charge in [0.2, 0.25) is 5.70 Å². The molecule has 0 N–H and O–H groups in total. The molecule has 0 bridgehead atoms. The molecular weight excluding hydrogens is 286 g/mol. The van der Waals surface area contributed by atoms with Crippen molar-refractivity contribution >= 4 is 5.57 Å². The van der Waals surface area contributed by atoms with Crippen LogP contribution in [0.3, 0.4) is 0 Å². The number of allylic oxidation sites excluding steroid dienone is 4. The Balaban J connectivity index is 1.76. The molecule has 1 aromatic rings. The maximum Gasteiger partial charge on any atom is 0.250 e. The minimum absolute atomic E-state index is 0.110. The number of benzene rings is 1. The van der Waals surface area contributed by atoms with Crippen molar-refractivity contribution in [2.75, 3.05) is 0 Å². The van der Waals surface area contributed by atoms with Gasteiger partial charge in [0.05, 0.1) is 10.8 Å². The van der Waals surface area contributed by atoms with Crippen molar-refractivity contribution in [3.63, 3.8) is 0 Å². The van der Waals surface area contributed by atoms with Crippen LogP contribution in [-0.4, -0.2) is 4.92 Å². The van der Waals surface area contributed by atoms with Gasteiger partial charge in [0.15, 0.2) is 0 Å². The summed E-state index contributed by atoms with van der Waals surface area (Å²) in [6.45, 7) is 0. The van der Waals surface area contributed by atoms with Gasteiger partial charge in [0.25, 0.3) is 0 Å². The van der Waals surface area contributed by atoms with E-state index in [2.05, 4.69) is 24.3 Å². The largest absolute Gasteiger partial charge is 0.259 e. The van der Waals surface area contributed by atoms with Crippen LogP contribution in [-0.2, 0) is 6.42 Å². The summed E-state index contributed by atoms with van der Waals surface area (Å²) < 4.78 is 0. The molecular formula is C20H23NO2. The normalized spacial score (nSPS) is 27.5. The zero-order valence-corrected chi connectivity index (χ0v) is 13.4. The third-order valence-electron chi connectivity index (χ3n) is 6.03. The van der Waals surface area contributed by atoms with Crippen molar-refractivity contribution in [2.45, 2.75) is 44.9 Å². The molecule has 0 aromatic heterocycles. The standard InChI is InChI=1S/C20H23NO2/c22-21(23)19-13-12-17-16-9-5-4-6-14(16)10-11-18(17)20(19)15-7-2-1-3-8-15/h4-6,9,12-13,15,18,20H,1-3,7-8,10-11H2/t18-,20+/m0/s1. The van der Waals surface area contributed by atoms with Crippen LogP contribution >= 0.6 is 0 Å². The van der Waals surface area contributed by atoms with Gasteiger partial charge in [0, 0.05) is 6.08 Å². The Kier molecular flexibility index (Phi) is 3.80. The summed E-state index contributed by atoms with van der Waals surface area (Å²) in [7, 11) is 0. The molecule has 23 heavy (non-hydrogen) atoms. The highest BCUT2D eigenvalue weighted by atomic mass is 16.6. The smallest absolute Gasteiger partial charge is 0.250 e. The number of rotatable bonds is 2. The molecule has 4 rings (SSSR count). The van der Waals surface area contributed by atoms with E-state index in [0.29, 0.717) is 17.5 Å². The van der Waals surface area contributed by atoms with Crippen LogP contribution in [0.4, 0.5) is 0 Å². The second-order valence-electron chi connectivity index (χ2n) is 7.20. The van der Waals surface area contributed by atoms with Crippen molar-refractivity contribution in [3.05, 3.63) is 63.4 Å². The van der Waals surface area contributed by atoms with Gasteiger partial charge in [-0.2, -0.15) is 0 Å². The molecule has 1 fully saturated rings. The van der Waals surface area contributed by atoms with Gasteiger partial charge in [0.1, 0.15) is 0 Å². The van der Waals surface area contributed by atoms with E-state index in [9.17, 15) is 10.1 Å². The predicted molar refractivity (Wildman–Crippen MR) is 91.4 cm³/mol. The Bertz CT molecular complexity index is 683. The van der Waals surface area contributed by atoms with Crippen LogP contribution in [0.1, 0.15) is 49.7 Å². The highest BCUT2D eigenvalue weighted by Crippen LogP contribution is 2.49. The average molecular weight is 309 g/mol. The number of nitrogens with zero attached hydrogens (tertiary/aromatic N) is 1. The minimum Gasteiger partial charge on any atom is -0.259 e. The van der Waals surface area contributed by atoms with Crippen LogP contribution in [0.2, 0.25) is 0 Å². The fourth-order valence-corrected chi connectivity index (χ4v) is 5.01. The van der Waals surface area contributed by atoms with Crippen molar-refractivity contribution in [1.82, 2.24) is 0 Å². The van der Waals surface area contributed by atoms with Gasteiger partial charge in [-0.15, -0.1) is 0 Å². The second kappa shape index (κ2) is 5.95. The van der Waals surface area contributed by atoms with Gasteiger partial charge in [-0.25, -0.2) is 0 Å². The molecule has 120 valence electrons. The molecule has 0 amide bonds. The van der Waals surface area contributed by atoms with Gasteiger partial charge in [-0.1, -0.05) is 49.6 Å². The summed E-state index contributed by atoms with van der Waals surface area (Å²) in [6, 6.07) is 8.58. The van der Waals surface area contributed by atoms with E-state index in [1.54, 1.807) is 6.08 Å². The Morgan fingerprint density at radius 1 is 1.00 bits per heavy atom. The van der Waals surface area contributed by atoms with Crippen molar-refractivity contribution in [1.29, 1.82) is 0 Å². The predicted octanol–water partition coefficient (Wildman–Crippen LogP) is 5.00. The Morgan fingerprint density at radius 2 is 1.78 bits per heavy atom. The summed E-state index contributed by atoms with van der Waals surface area (Å²) in [6.07, 6.45) is 12.0. The molecule has 3 aliphatic carbocycles. The lowest BCUT2D eigenvalue weighted by Crippen LogP contribution is -2.34. The monoisotopic (exact) mass is 309 g/mol. The van der Waals surface area contributed by atoms with E-state index >= 15 is 0 Å². The van der Waals surface area contributed by atoms with Crippen LogP contribution in [0.5, 0.6) is 0 Å². The Morgan fingerprint density at radius 3 is 2.57 bits per heavy atom. The number of nitro groups is 1. The fourth-order valence-electron chi connectivity index (χ4n) is 5.01. The highest BCUT2D eigenvalue weighted by Gasteiger charge is 2.43. The highest BCUT2D eigenvalue weighted by molar-refractivity contribution is 5.74. The van der Waals surface area contributed by atoms with Gasteiger partial charge in [-0.05, 0) is 54.2 Å². The maximum atomic E-state index is 11.6. The first-order valence-corrected chi connectivity index (χ1v) is 8.90. The average Bonchev–Trinajstić information content (AvgIpc) is 2.61. The molecule has 2 atom stereocenters. The summed E-state index contributed by atoms with van der Waals surface area (Å²) >= 11 is 0. The zero-order chi connectivity index (χ0) is 15.8. The van der Waals surface area contributed by atoms with Gasteiger partial charge < -0.3 is 0 Å². The molecule has 0 aliphatic heterocycles. The van der Waals surface area contributed by atoms with E-state index < -0.39 is 0 Å². The van der Waals surface area contributed by atoms with E-state index in [-0.39, 0.29) is 10.8 Å².